The molecule has 0 radical (unpaired) electrons. The maximum atomic E-state index is 13.8. The van der Waals surface area contributed by atoms with E-state index in [0.717, 1.165) is 24.8 Å². The number of nitrogens with zero attached hydrogens (tertiary/aromatic N) is 1. The monoisotopic (exact) mass is 209 g/mol. The van der Waals surface area contributed by atoms with Crippen LogP contribution in [0.25, 0.3) is 0 Å². The Morgan fingerprint density at radius 3 is 2.53 bits per heavy atom. The van der Waals surface area contributed by atoms with E-state index in [2.05, 4.69) is 25.8 Å². The Balaban J connectivity index is 3.12. The van der Waals surface area contributed by atoms with Crippen molar-refractivity contribution in [1.29, 1.82) is 0 Å². The van der Waals surface area contributed by atoms with E-state index in [0.29, 0.717) is 5.69 Å². The zero-order valence-corrected chi connectivity index (χ0v) is 10.1. The molecule has 0 aliphatic rings. The molecular weight excluding hydrogens is 189 g/mol. The lowest BCUT2D eigenvalue weighted by atomic mass is 9.79. The van der Waals surface area contributed by atoms with Gasteiger partial charge in [0.15, 0.2) is 0 Å². The van der Waals surface area contributed by atoms with E-state index in [1.165, 1.54) is 0 Å². The fourth-order valence-electron chi connectivity index (χ4n) is 1.99. The van der Waals surface area contributed by atoms with Crippen molar-refractivity contribution in [1.82, 2.24) is 4.98 Å². The highest BCUT2D eigenvalue weighted by Crippen LogP contribution is 2.32. The topological polar surface area (TPSA) is 12.9 Å². The van der Waals surface area contributed by atoms with Gasteiger partial charge in [-0.1, -0.05) is 27.2 Å². The first-order chi connectivity index (χ1) is 7.03. The summed E-state index contributed by atoms with van der Waals surface area (Å²) in [6.07, 6.45) is 4.71. The second-order valence-electron chi connectivity index (χ2n) is 4.51. The third kappa shape index (κ3) is 2.55. The Bertz CT molecular complexity index is 335. The molecule has 1 heterocycles. The van der Waals surface area contributed by atoms with Gasteiger partial charge in [0.2, 0.25) is 0 Å². The normalized spacial score (nSPS) is 15.0. The predicted octanol–water partition coefficient (Wildman–Crippen LogP) is 4.00. The molecule has 1 rings (SSSR count). The van der Waals surface area contributed by atoms with Gasteiger partial charge >= 0.3 is 0 Å². The fraction of sp³-hybridized carbons (Fsp3) is 0.615. The van der Waals surface area contributed by atoms with Crippen molar-refractivity contribution in [3.05, 3.63) is 29.3 Å². The van der Waals surface area contributed by atoms with E-state index in [-0.39, 0.29) is 11.2 Å². The molecule has 0 spiro atoms. The highest BCUT2D eigenvalue weighted by atomic mass is 19.1. The van der Waals surface area contributed by atoms with Crippen LogP contribution in [-0.2, 0) is 5.41 Å². The Morgan fingerprint density at radius 2 is 2.07 bits per heavy atom. The molecule has 0 N–H and O–H groups in total. The molecule has 0 saturated carbocycles. The second kappa shape index (κ2) is 4.73. The molecule has 15 heavy (non-hydrogen) atoms. The first-order valence-electron chi connectivity index (χ1n) is 5.66. The van der Waals surface area contributed by atoms with Crippen molar-refractivity contribution in [2.75, 3.05) is 0 Å². The van der Waals surface area contributed by atoms with Gasteiger partial charge in [0.25, 0.3) is 0 Å². The van der Waals surface area contributed by atoms with Crippen molar-refractivity contribution in [2.24, 2.45) is 0 Å². The molecule has 0 amide bonds. The molecule has 1 atom stereocenters. The molecule has 84 valence electrons. The minimum absolute atomic E-state index is 0.119. The summed E-state index contributed by atoms with van der Waals surface area (Å²) >= 11 is 0. The molecule has 1 unspecified atom stereocenters. The van der Waals surface area contributed by atoms with Crippen LogP contribution in [0.15, 0.2) is 12.3 Å². The van der Waals surface area contributed by atoms with E-state index in [4.69, 9.17) is 0 Å². The van der Waals surface area contributed by atoms with Gasteiger partial charge in [-0.15, -0.1) is 0 Å². The summed E-state index contributed by atoms with van der Waals surface area (Å²) in [7, 11) is 0. The molecule has 1 aromatic rings. The van der Waals surface area contributed by atoms with Crippen molar-refractivity contribution < 1.29 is 4.39 Å². The van der Waals surface area contributed by atoms with Gasteiger partial charge < -0.3 is 0 Å². The van der Waals surface area contributed by atoms with Gasteiger partial charge in [-0.3, -0.25) is 4.98 Å². The van der Waals surface area contributed by atoms with Crippen LogP contribution in [0.4, 0.5) is 4.39 Å². The lowest BCUT2D eigenvalue weighted by Gasteiger charge is -2.27. The van der Waals surface area contributed by atoms with Crippen LogP contribution in [0.3, 0.4) is 0 Å². The zero-order chi connectivity index (χ0) is 11.5. The Hall–Kier alpha value is -0.920. The minimum atomic E-state index is -0.159. The van der Waals surface area contributed by atoms with E-state index in [1.807, 2.05) is 6.92 Å². The molecule has 0 saturated heterocycles. The first kappa shape index (κ1) is 12.2. The molecule has 1 nitrogen and oxygen atoms in total. The number of halogens is 1. The number of hydrogen-bond acceptors (Lipinski definition) is 1. The smallest absolute Gasteiger partial charge is 0.145 e. The summed E-state index contributed by atoms with van der Waals surface area (Å²) in [4.78, 5) is 4.26. The Morgan fingerprint density at radius 1 is 1.40 bits per heavy atom. The van der Waals surface area contributed by atoms with E-state index in [1.54, 1.807) is 12.3 Å². The molecule has 1 aromatic heterocycles. The first-order valence-corrected chi connectivity index (χ1v) is 5.66. The lowest BCUT2D eigenvalue weighted by molar-refractivity contribution is 0.381. The van der Waals surface area contributed by atoms with Crippen LogP contribution in [0, 0.1) is 12.7 Å². The van der Waals surface area contributed by atoms with Crippen LogP contribution < -0.4 is 0 Å². The van der Waals surface area contributed by atoms with Crippen molar-refractivity contribution >= 4 is 0 Å². The average molecular weight is 209 g/mol. The van der Waals surface area contributed by atoms with Crippen LogP contribution in [-0.4, -0.2) is 4.98 Å². The summed E-state index contributed by atoms with van der Waals surface area (Å²) in [6, 6.07) is 1.58. The third-order valence-electron chi connectivity index (χ3n) is 3.13. The third-order valence-corrected chi connectivity index (χ3v) is 3.13. The molecule has 0 aliphatic carbocycles. The number of aromatic nitrogens is 1. The number of aryl methyl sites for hydroxylation is 1. The second-order valence-corrected chi connectivity index (χ2v) is 4.51. The molecule has 0 bridgehead atoms. The number of hydrogen-bond donors (Lipinski definition) is 0. The summed E-state index contributed by atoms with van der Waals surface area (Å²) in [5, 5.41) is 0. The molecular formula is C13H20FN. The van der Waals surface area contributed by atoms with E-state index in [9.17, 15) is 4.39 Å². The molecule has 2 heteroatoms. The molecule has 0 aromatic carbocycles. The molecule has 0 fully saturated rings. The van der Waals surface area contributed by atoms with Gasteiger partial charge in [0.1, 0.15) is 5.82 Å². The largest absolute Gasteiger partial charge is 0.257 e. The lowest BCUT2D eigenvalue weighted by Crippen LogP contribution is -2.24. The van der Waals surface area contributed by atoms with Gasteiger partial charge in [-0.05, 0) is 31.4 Å². The van der Waals surface area contributed by atoms with Gasteiger partial charge in [-0.25, -0.2) is 4.39 Å². The van der Waals surface area contributed by atoms with E-state index < -0.39 is 0 Å². The quantitative estimate of drug-likeness (QED) is 0.730. The predicted molar refractivity (Wildman–Crippen MR) is 61.5 cm³/mol. The van der Waals surface area contributed by atoms with Gasteiger partial charge in [0, 0.05) is 11.6 Å². The van der Waals surface area contributed by atoms with Gasteiger partial charge in [0.05, 0.1) is 5.69 Å². The Labute approximate surface area is 91.7 Å². The van der Waals surface area contributed by atoms with Gasteiger partial charge in [-0.2, -0.15) is 0 Å². The highest BCUT2D eigenvalue weighted by Gasteiger charge is 2.28. The standard InChI is InChI=1S/C13H20FN/c1-5-7-13(4,6-2)12-11(14)8-10(3)9-15-12/h8-9H,5-7H2,1-4H3. The summed E-state index contributed by atoms with van der Waals surface area (Å²) in [5.74, 6) is -0.159. The summed E-state index contributed by atoms with van der Waals surface area (Å²) in [6.45, 7) is 8.18. The van der Waals surface area contributed by atoms with E-state index >= 15 is 0 Å². The van der Waals surface area contributed by atoms with Crippen molar-refractivity contribution in [3.8, 4) is 0 Å². The Kier molecular flexibility index (Phi) is 3.83. The highest BCUT2D eigenvalue weighted by molar-refractivity contribution is 5.21. The van der Waals surface area contributed by atoms with Crippen LogP contribution in [0.1, 0.15) is 51.3 Å². The number of rotatable bonds is 4. The SMILES string of the molecule is CCCC(C)(CC)c1ncc(C)cc1F. The molecule has 0 aliphatic heterocycles. The van der Waals surface area contributed by atoms with Crippen molar-refractivity contribution in [3.63, 3.8) is 0 Å². The minimum Gasteiger partial charge on any atom is -0.257 e. The van der Waals surface area contributed by atoms with Crippen molar-refractivity contribution in [2.45, 2.75) is 52.4 Å². The van der Waals surface area contributed by atoms with Crippen LogP contribution in [0.5, 0.6) is 0 Å². The zero-order valence-electron chi connectivity index (χ0n) is 10.1. The fourth-order valence-corrected chi connectivity index (χ4v) is 1.99. The maximum absolute atomic E-state index is 13.8. The summed E-state index contributed by atoms with van der Waals surface area (Å²) < 4.78 is 13.8. The average Bonchev–Trinajstić information content (AvgIpc) is 2.17. The van der Waals surface area contributed by atoms with Crippen LogP contribution >= 0.6 is 0 Å². The summed E-state index contributed by atoms with van der Waals surface area (Å²) in [5.41, 5.74) is 1.38. The maximum Gasteiger partial charge on any atom is 0.145 e. The number of pyridine rings is 1. The van der Waals surface area contributed by atoms with Crippen LogP contribution in [0.2, 0.25) is 0 Å².